The lowest BCUT2D eigenvalue weighted by Crippen LogP contribution is -2.44. The van der Waals surface area contributed by atoms with Crippen LogP contribution in [0.2, 0.25) is 0 Å². The summed E-state index contributed by atoms with van der Waals surface area (Å²) < 4.78 is 11.1. The molecule has 2 atom stereocenters. The molecule has 3 N–H and O–H groups in total. The molecule has 0 aliphatic carbocycles. The molecule has 0 fully saturated rings. The van der Waals surface area contributed by atoms with Gasteiger partial charge in [0.05, 0.1) is 13.2 Å². The maximum atomic E-state index is 12.0. The summed E-state index contributed by atoms with van der Waals surface area (Å²) in [6.07, 6.45) is 0.879. The van der Waals surface area contributed by atoms with Crippen molar-refractivity contribution in [3.8, 4) is 17.2 Å². The zero-order valence-electron chi connectivity index (χ0n) is 15.4. The smallest absolute Gasteiger partial charge is 0.237 e. The average Bonchev–Trinajstić information content (AvgIpc) is 2.66. The molecule has 0 radical (unpaired) electrons. The van der Waals surface area contributed by atoms with E-state index in [0.717, 1.165) is 12.0 Å². The first-order valence-corrected chi connectivity index (χ1v) is 8.48. The van der Waals surface area contributed by atoms with Crippen LogP contribution in [0.3, 0.4) is 0 Å². The van der Waals surface area contributed by atoms with Gasteiger partial charge in [-0.2, -0.15) is 0 Å². The Morgan fingerprint density at radius 3 is 2.31 bits per heavy atom. The van der Waals surface area contributed by atoms with Crippen molar-refractivity contribution in [2.75, 3.05) is 7.11 Å². The standard InChI is InChI=1S/C20H26N2O3.ClH/c1-4-14(2)19(21)20(23)22-13-15-9-11-16(12-10-15)25-18-8-6-5-7-17(18)24-3;/h5-12,14,19H,4,13,21H2,1-3H3,(H,22,23);1H. The monoisotopic (exact) mass is 378 g/mol. The van der Waals surface area contributed by atoms with Crippen molar-refractivity contribution in [3.63, 3.8) is 0 Å². The van der Waals surface area contributed by atoms with E-state index in [2.05, 4.69) is 5.32 Å². The minimum atomic E-state index is -0.474. The van der Waals surface area contributed by atoms with Gasteiger partial charge in [0.15, 0.2) is 11.5 Å². The molecule has 0 aliphatic heterocycles. The normalized spacial score (nSPS) is 12.5. The summed E-state index contributed by atoms with van der Waals surface area (Å²) in [5, 5.41) is 2.88. The number of amides is 1. The molecular formula is C20H27ClN2O3. The number of nitrogens with two attached hydrogens (primary N) is 1. The van der Waals surface area contributed by atoms with Crippen molar-refractivity contribution in [1.29, 1.82) is 0 Å². The van der Waals surface area contributed by atoms with Gasteiger partial charge in [-0.05, 0) is 35.7 Å². The van der Waals surface area contributed by atoms with Crippen LogP contribution in [0.4, 0.5) is 0 Å². The van der Waals surface area contributed by atoms with E-state index in [9.17, 15) is 4.79 Å². The van der Waals surface area contributed by atoms with Crippen LogP contribution in [0.1, 0.15) is 25.8 Å². The van der Waals surface area contributed by atoms with Crippen molar-refractivity contribution in [1.82, 2.24) is 5.32 Å². The summed E-state index contributed by atoms with van der Waals surface area (Å²) in [6, 6.07) is 14.6. The van der Waals surface area contributed by atoms with E-state index in [-0.39, 0.29) is 24.2 Å². The van der Waals surface area contributed by atoms with Gasteiger partial charge in [-0.1, -0.05) is 44.5 Å². The van der Waals surface area contributed by atoms with Crippen molar-refractivity contribution >= 4 is 18.3 Å². The summed E-state index contributed by atoms with van der Waals surface area (Å²) in [6.45, 7) is 4.45. The number of carbonyl (C=O) groups excluding carboxylic acids is 1. The largest absolute Gasteiger partial charge is 0.493 e. The maximum absolute atomic E-state index is 12.0. The van der Waals surface area contributed by atoms with Gasteiger partial charge in [0, 0.05) is 6.54 Å². The molecule has 0 bridgehead atoms. The van der Waals surface area contributed by atoms with E-state index in [1.807, 2.05) is 62.4 Å². The third kappa shape index (κ3) is 5.93. The molecule has 142 valence electrons. The summed E-state index contributed by atoms with van der Waals surface area (Å²) in [5.41, 5.74) is 6.91. The van der Waals surface area contributed by atoms with Crippen LogP contribution >= 0.6 is 12.4 Å². The molecule has 2 rings (SSSR count). The lowest BCUT2D eigenvalue weighted by Gasteiger charge is -2.17. The molecule has 26 heavy (non-hydrogen) atoms. The molecule has 0 heterocycles. The molecule has 2 aromatic carbocycles. The van der Waals surface area contributed by atoms with Crippen molar-refractivity contribution < 1.29 is 14.3 Å². The molecule has 0 aliphatic rings. The number of rotatable bonds is 8. The SMILES string of the molecule is CCC(C)C(N)C(=O)NCc1ccc(Oc2ccccc2OC)cc1.Cl. The second kappa shape index (κ2) is 10.7. The van der Waals surface area contributed by atoms with E-state index in [1.165, 1.54) is 0 Å². The molecule has 5 nitrogen and oxygen atoms in total. The van der Waals surface area contributed by atoms with Crippen LogP contribution in [-0.4, -0.2) is 19.1 Å². The number of hydrogen-bond acceptors (Lipinski definition) is 4. The first-order chi connectivity index (χ1) is 12.0. The van der Waals surface area contributed by atoms with Gasteiger partial charge in [0.25, 0.3) is 0 Å². The lowest BCUT2D eigenvalue weighted by molar-refractivity contribution is -0.123. The molecule has 2 unspecified atom stereocenters. The first-order valence-electron chi connectivity index (χ1n) is 8.48. The highest BCUT2D eigenvalue weighted by Gasteiger charge is 2.18. The van der Waals surface area contributed by atoms with Crippen molar-refractivity contribution in [3.05, 3.63) is 54.1 Å². The molecule has 0 saturated carbocycles. The highest BCUT2D eigenvalue weighted by Crippen LogP contribution is 2.30. The van der Waals surface area contributed by atoms with Crippen LogP contribution < -0.4 is 20.5 Å². The predicted octanol–water partition coefficient (Wildman–Crippen LogP) is 3.90. The van der Waals surface area contributed by atoms with Gasteiger partial charge in [-0.15, -0.1) is 12.4 Å². The molecular weight excluding hydrogens is 352 g/mol. The van der Waals surface area contributed by atoms with Crippen LogP contribution in [-0.2, 0) is 11.3 Å². The minimum Gasteiger partial charge on any atom is -0.493 e. The second-order valence-electron chi connectivity index (χ2n) is 6.03. The van der Waals surface area contributed by atoms with Crippen LogP contribution in [0, 0.1) is 5.92 Å². The number of carbonyl (C=O) groups is 1. The van der Waals surface area contributed by atoms with E-state index in [4.69, 9.17) is 15.2 Å². The lowest BCUT2D eigenvalue weighted by atomic mass is 9.99. The summed E-state index contributed by atoms with van der Waals surface area (Å²) in [5.74, 6) is 2.08. The summed E-state index contributed by atoms with van der Waals surface area (Å²) in [4.78, 5) is 12.0. The molecule has 0 saturated heterocycles. The summed E-state index contributed by atoms with van der Waals surface area (Å²) in [7, 11) is 1.61. The Morgan fingerprint density at radius 2 is 1.73 bits per heavy atom. The van der Waals surface area contributed by atoms with Gasteiger partial charge in [-0.3, -0.25) is 4.79 Å². The topological polar surface area (TPSA) is 73.6 Å². The fraction of sp³-hybridized carbons (Fsp3) is 0.350. The number of para-hydroxylation sites is 2. The highest BCUT2D eigenvalue weighted by molar-refractivity contribution is 5.85. The number of benzene rings is 2. The minimum absolute atomic E-state index is 0. The third-order valence-electron chi connectivity index (χ3n) is 4.25. The van der Waals surface area contributed by atoms with Gasteiger partial charge < -0.3 is 20.5 Å². The Kier molecular flexibility index (Phi) is 8.96. The molecule has 2 aromatic rings. The van der Waals surface area contributed by atoms with Gasteiger partial charge >= 0.3 is 0 Å². The van der Waals surface area contributed by atoms with E-state index in [1.54, 1.807) is 7.11 Å². The molecule has 1 amide bonds. The second-order valence-corrected chi connectivity index (χ2v) is 6.03. The fourth-order valence-corrected chi connectivity index (χ4v) is 2.32. The molecule has 0 spiro atoms. The average molecular weight is 379 g/mol. The first kappa shape index (κ1) is 21.8. The van der Waals surface area contributed by atoms with Gasteiger partial charge in [0.2, 0.25) is 5.91 Å². The van der Waals surface area contributed by atoms with E-state index in [0.29, 0.717) is 23.8 Å². The zero-order valence-corrected chi connectivity index (χ0v) is 16.2. The number of hydrogen-bond donors (Lipinski definition) is 2. The number of methoxy groups -OCH3 is 1. The molecule has 6 heteroatoms. The predicted molar refractivity (Wildman–Crippen MR) is 106 cm³/mol. The van der Waals surface area contributed by atoms with Crippen molar-refractivity contribution in [2.24, 2.45) is 11.7 Å². The Balaban J connectivity index is 0.00000338. The van der Waals surface area contributed by atoms with Crippen LogP contribution in [0.15, 0.2) is 48.5 Å². The molecule has 0 aromatic heterocycles. The Hall–Kier alpha value is -2.24. The van der Waals surface area contributed by atoms with Gasteiger partial charge in [0.1, 0.15) is 5.75 Å². The number of halogens is 1. The quantitative estimate of drug-likeness (QED) is 0.730. The van der Waals surface area contributed by atoms with Crippen LogP contribution in [0.5, 0.6) is 17.2 Å². The van der Waals surface area contributed by atoms with E-state index < -0.39 is 6.04 Å². The zero-order chi connectivity index (χ0) is 18.2. The fourth-order valence-electron chi connectivity index (χ4n) is 2.32. The van der Waals surface area contributed by atoms with Gasteiger partial charge in [-0.25, -0.2) is 0 Å². The van der Waals surface area contributed by atoms with Crippen molar-refractivity contribution in [2.45, 2.75) is 32.9 Å². The number of nitrogens with one attached hydrogen (secondary N) is 1. The van der Waals surface area contributed by atoms with E-state index >= 15 is 0 Å². The Morgan fingerprint density at radius 1 is 1.12 bits per heavy atom. The number of ether oxygens (including phenoxy) is 2. The highest BCUT2D eigenvalue weighted by atomic mass is 35.5. The Bertz CT molecular complexity index is 692. The summed E-state index contributed by atoms with van der Waals surface area (Å²) >= 11 is 0. The Labute approximate surface area is 161 Å². The third-order valence-corrected chi connectivity index (χ3v) is 4.25. The van der Waals surface area contributed by atoms with Crippen LogP contribution in [0.25, 0.3) is 0 Å². The maximum Gasteiger partial charge on any atom is 0.237 e.